The summed E-state index contributed by atoms with van der Waals surface area (Å²) in [6.07, 6.45) is 4.90. The van der Waals surface area contributed by atoms with Crippen LogP contribution in [-0.4, -0.2) is 38.4 Å². The lowest BCUT2D eigenvalue weighted by Gasteiger charge is -2.38. The van der Waals surface area contributed by atoms with E-state index in [1.165, 1.54) is 0 Å². The van der Waals surface area contributed by atoms with Crippen molar-refractivity contribution in [2.45, 2.75) is 58.0 Å². The highest BCUT2D eigenvalue weighted by Crippen LogP contribution is 2.39. The van der Waals surface area contributed by atoms with Crippen molar-refractivity contribution in [2.24, 2.45) is 0 Å². The van der Waals surface area contributed by atoms with E-state index in [9.17, 15) is 4.79 Å². The number of halogens is 1. The molecule has 0 radical (unpaired) electrons. The van der Waals surface area contributed by atoms with Gasteiger partial charge in [0.2, 0.25) is 0 Å². The van der Waals surface area contributed by atoms with Crippen molar-refractivity contribution in [2.75, 3.05) is 22.9 Å². The van der Waals surface area contributed by atoms with Crippen LogP contribution in [0.15, 0.2) is 36.7 Å². The number of pyridine rings is 1. The highest BCUT2D eigenvalue weighted by molar-refractivity contribution is 6.74. The third kappa shape index (κ3) is 4.00. The number of carbonyl (C=O) groups is 1. The second kappa shape index (κ2) is 7.66. The maximum Gasteiger partial charge on any atom is 0.258 e. The van der Waals surface area contributed by atoms with Crippen LogP contribution in [0.4, 0.5) is 11.4 Å². The smallest absolute Gasteiger partial charge is 0.258 e. The zero-order valence-corrected chi connectivity index (χ0v) is 20.2. The van der Waals surface area contributed by atoms with Gasteiger partial charge in [0.15, 0.2) is 8.32 Å². The lowest BCUT2D eigenvalue weighted by molar-refractivity contribution is 0.0996. The van der Waals surface area contributed by atoms with Gasteiger partial charge in [-0.05, 0) is 54.4 Å². The molecule has 0 aliphatic carbocycles. The van der Waals surface area contributed by atoms with Gasteiger partial charge in [-0.15, -0.1) is 0 Å². The molecule has 1 amide bonds. The molecule has 0 spiro atoms. The number of amides is 1. The van der Waals surface area contributed by atoms with Crippen LogP contribution >= 0.6 is 11.6 Å². The Labute approximate surface area is 185 Å². The zero-order valence-electron chi connectivity index (χ0n) is 18.4. The van der Waals surface area contributed by atoms with Gasteiger partial charge in [-0.1, -0.05) is 32.4 Å². The number of rotatable bonds is 4. The number of fused-ring (bicyclic) bond motifs is 1. The molecule has 7 heteroatoms. The Morgan fingerprint density at radius 2 is 1.90 bits per heavy atom. The van der Waals surface area contributed by atoms with Crippen LogP contribution < -0.4 is 9.80 Å². The molecule has 0 bridgehead atoms. The van der Waals surface area contributed by atoms with Crippen molar-refractivity contribution in [1.82, 2.24) is 4.98 Å². The van der Waals surface area contributed by atoms with E-state index in [1.807, 2.05) is 12.3 Å². The van der Waals surface area contributed by atoms with Gasteiger partial charge in [-0.3, -0.25) is 9.78 Å². The Kier molecular flexibility index (Phi) is 5.45. The molecule has 0 saturated carbocycles. The Balaban J connectivity index is 1.48. The average Bonchev–Trinajstić information content (AvgIpc) is 3.25. The third-order valence-electron chi connectivity index (χ3n) is 6.67. The van der Waals surface area contributed by atoms with Gasteiger partial charge in [-0.2, -0.15) is 0 Å². The highest BCUT2D eigenvalue weighted by atomic mass is 35.5. The molecule has 1 aromatic heterocycles. The molecule has 1 aromatic carbocycles. The van der Waals surface area contributed by atoms with Crippen LogP contribution in [0.2, 0.25) is 23.2 Å². The third-order valence-corrected chi connectivity index (χ3v) is 11.4. The lowest BCUT2D eigenvalue weighted by atomic mass is 10.1. The standard InChI is InChI=1S/C23H30ClN3O2Si/c1-23(2,3)30(4,5)29-20-8-9-26(15-20)18-11-19(13-25-12-18)27-14-16-10-17(24)6-7-21(16)22(27)28/h6-7,10-13,20H,8-9,14-15H2,1-5H3/t20-/m1/s1. The molecule has 1 atom stereocenters. The molecule has 2 aliphatic rings. The first kappa shape index (κ1) is 21.3. The van der Waals surface area contributed by atoms with E-state index in [4.69, 9.17) is 16.0 Å². The number of benzene rings is 1. The summed E-state index contributed by atoms with van der Waals surface area (Å²) in [6.45, 7) is 13.8. The molecule has 0 N–H and O–H groups in total. The van der Waals surface area contributed by atoms with Crippen LogP contribution in [0, 0.1) is 0 Å². The minimum atomic E-state index is -1.79. The summed E-state index contributed by atoms with van der Waals surface area (Å²) in [5, 5.41) is 0.857. The Bertz CT molecular complexity index is 973. The number of nitrogens with zero attached hydrogens (tertiary/aromatic N) is 3. The molecule has 30 heavy (non-hydrogen) atoms. The molecule has 2 aliphatic heterocycles. The summed E-state index contributed by atoms with van der Waals surface area (Å²) in [7, 11) is -1.79. The van der Waals surface area contributed by atoms with Crippen molar-refractivity contribution in [3.8, 4) is 0 Å². The monoisotopic (exact) mass is 443 g/mol. The van der Waals surface area contributed by atoms with E-state index >= 15 is 0 Å². The Morgan fingerprint density at radius 1 is 1.17 bits per heavy atom. The fourth-order valence-corrected chi connectivity index (χ4v) is 5.46. The number of hydrogen-bond donors (Lipinski definition) is 0. The van der Waals surface area contributed by atoms with Crippen molar-refractivity contribution in [3.63, 3.8) is 0 Å². The van der Waals surface area contributed by atoms with Crippen molar-refractivity contribution in [1.29, 1.82) is 0 Å². The van der Waals surface area contributed by atoms with Gasteiger partial charge in [0.1, 0.15) is 0 Å². The van der Waals surface area contributed by atoms with Gasteiger partial charge in [0, 0.05) is 23.7 Å². The van der Waals surface area contributed by atoms with E-state index in [-0.39, 0.29) is 17.0 Å². The molecule has 160 valence electrons. The van der Waals surface area contributed by atoms with Gasteiger partial charge < -0.3 is 14.2 Å². The van der Waals surface area contributed by atoms with Gasteiger partial charge in [0.25, 0.3) is 5.91 Å². The first-order chi connectivity index (χ1) is 14.0. The van der Waals surface area contributed by atoms with Crippen LogP contribution in [0.1, 0.15) is 43.1 Å². The molecule has 4 rings (SSSR count). The maximum absolute atomic E-state index is 12.9. The van der Waals surface area contributed by atoms with Gasteiger partial charge in [0.05, 0.1) is 36.4 Å². The van der Waals surface area contributed by atoms with E-state index in [1.54, 1.807) is 23.2 Å². The SMILES string of the molecule is CC(C)(C)[Si](C)(C)O[C@@H]1CCN(c2cncc(N3Cc4cc(Cl)ccc4C3=O)c2)C1. The minimum Gasteiger partial charge on any atom is -0.412 e. The zero-order chi connectivity index (χ0) is 21.7. The van der Waals surface area contributed by atoms with E-state index in [0.29, 0.717) is 17.1 Å². The van der Waals surface area contributed by atoms with Crippen LogP contribution in [0.3, 0.4) is 0 Å². The number of aromatic nitrogens is 1. The van der Waals surface area contributed by atoms with Crippen molar-refractivity contribution in [3.05, 3.63) is 52.8 Å². The summed E-state index contributed by atoms with van der Waals surface area (Å²) in [6, 6.07) is 7.51. The molecule has 1 saturated heterocycles. The molecular formula is C23H30ClN3O2Si. The topological polar surface area (TPSA) is 45.7 Å². The normalized spacial score (nSPS) is 19.5. The predicted molar refractivity (Wildman–Crippen MR) is 125 cm³/mol. The Morgan fingerprint density at radius 3 is 2.63 bits per heavy atom. The van der Waals surface area contributed by atoms with Crippen LogP contribution in [0.5, 0.6) is 0 Å². The fourth-order valence-electron chi connectivity index (χ4n) is 3.89. The highest BCUT2D eigenvalue weighted by Gasteiger charge is 2.40. The molecule has 3 heterocycles. The first-order valence-electron chi connectivity index (χ1n) is 10.5. The second-order valence-corrected chi connectivity index (χ2v) is 15.0. The summed E-state index contributed by atoms with van der Waals surface area (Å²) in [4.78, 5) is 21.4. The summed E-state index contributed by atoms with van der Waals surface area (Å²) < 4.78 is 6.62. The van der Waals surface area contributed by atoms with E-state index < -0.39 is 8.32 Å². The Hall–Kier alpha value is -1.89. The van der Waals surface area contributed by atoms with E-state index in [0.717, 1.165) is 36.4 Å². The maximum atomic E-state index is 12.9. The average molecular weight is 444 g/mol. The molecule has 1 fully saturated rings. The fraction of sp³-hybridized carbons (Fsp3) is 0.478. The number of hydrogen-bond acceptors (Lipinski definition) is 4. The predicted octanol–water partition coefficient (Wildman–Crippen LogP) is 5.50. The molecule has 2 aromatic rings. The minimum absolute atomic E-state index is 0.00109. The molecule has 0 unspecified atom stereocenters. The second-order valence-electron chi connectivity index (χ2n) is 9.83. The summed E-state index contributed by atoms with van der Waals surface area (Å²) >= 11 is 6.11. The molecular weight excluding hydrogens is 414 g/mol. The van der Waals surface area contributed by atoms with Gasteiger partial charge in [-0.25, -0.2) is 0 Å². The van der Waals surface area contributed by atoms with Crippen LogP contribution in [-0.2, 0) is 11.0 Å². The summed E-state index contributed by atoms with van der Waals surface area (Å²) in [5.41, 5.74) is 3.53. The van der Waals surface area contributed by atoms with Crippen molar-refractivity contribution < 1.29 is 9.22 Å². The van der Waals surface area contributed by atoms with Gasteiger partial charge >= 0.3 is 0 Å². The first-order valence-corrected chi connectivity index (χ1v) is 13.8. The summed E-state index contributed by atoms with van der Waals surface area (Å²) in [5.74, 6) is 0.00109. The largest absolute Gasteiger partial charge is 0.412 e. The van der Waals surface area contributed by atoms with E-state index in [2.05, 4.69) is 49.8 Å². The quantitative estimate of drug-likeness (QED) is 0.585. The number of carbonyl (C=O) groups excluding carboxylic acids is 1. The van der Waals surface area contributed by atoms with Crippen LogP contribution in [0.25, 0.3) is 0 Å². The molecule has 5 nitrogen and oxygen atoms in total. The lowest BCUT2D eigenvalue weighted by Crippen LogP contribution is -2.44. The van der Waals surface area contributed by atoms with Crippen molar-refractivity contribution >= 4 is 37.2 Å². The number of anilines is 2.